The van der Waals surface area contributed by atoms with E-state index in [0.29, 0.717) is 5.13 Å². The van der Waals surface area contributed by atoms with E-state index in [1.807, 2.05) is 31.2 Å². The predicted molar refractivity (Wildman–Crippen MR) is 94.4 cm³/mol. The van der Waals surface area contributed by atoms with Gasteiger partial charge < -0.3 is 5.73 Å². The molecular weight excluding hydrogens is 330 g/mol. The lowest BCUT2D eigenvalue weighted by Crippen LogP contribution is -2.35. The van der Waals surface area contributed by atoms with Crippen LogP contribution in [0.3, 0.4) is 0 Å². The number of sulfonamides is 1. The number of rotatable bonds is 5. The van der Waals surface area contributed by atoms with Crippen LogP contribution in [0.5, 0.6) is 0 Å². The summed E-state index contributed by atoms with van der Waals surface area (Å²) in [6.07, 6.45) is 0. The largest absolute Gasteiger partial charge is 0.329 e. The van der Waals surface area contributed by atoms with Crippen LogP contribution in [0, 0.1) is 6.92 Å². The quantitative estimate of drug-likeness (QED) is 0.770. The third kappa shape index (κ3) is 3.08. The Morgan fingerprint density at radius 2 is 1.83 bits per heavy atom. The van der Waals surface area contributed by atoms with Gasteiger partial charge in [-0.05, 0) is 31.2 Å². The monoisotopic (exact) mass is 347 g/mol. The van der Waals surface area contributed by atoms with E-state index in [4.69, 9.17) is 5.73 Å². The number of fused-ring (bicyclic) bond motifs is 1. The van der Waals surface area contributed by atoms with E-state index >= 15 is 0 Å². The average Bonchev–Trinajstić information content (AvgIpc) is 2.96. The fourth-order valence-corrected chi connectivity index (χ4v) is 4.87. The maximum atomic E-state index is 12.9. The van der Waals surface area contributed by atoms with Crippen LogP contribution >= 0.6 is 11.3 Å². The number of aromatic nitrogens is 1. The van der Waals surface area contributed by atoms with Gasteiger partial charge in [-0.25, -0.2) is 17.7 Å². The van der Waals surface area contributed by atoms with Gasteiger partial charge in [0.1, 0.15) is 0 Å². The van der Waals surface area contributed by atoms with E-state index < -0.39 is 10.0 Å². The van der Waals surface area contributed by atoms with E-state index in [2.05, 4.69) is 4.98 Å². The molecule has 0 aliphatic carbocycles. The van der Waals surface area contributed by atoms with Crippen molar-refractivity contribution in [3.63, 3.8) is 0 Å². The Hall–Kier alpha value is -1.96. The molecule has 0 aliphatic heterocycles. The maximum absolute atomic E-state index is 12.9. The van der Waals surface area contributed by atoms with Crippen LogP contribution in [-0.2, 0) is 10.0 Å². The number of hydrogen-bond acceptors (Lipinski definition) is 5. The number of hydrogen-bond donors (Lipinski definition) is 1. The lowest BCUT2D eigenvalue weighted by atomic mass is 10.2. The second-order valence-corrected chi connectivity index (χ2v) is 8.01. The molecule has 120 valence electrons. The lowest BCUT2D eigenvalue weighted by molar-refractivity contribution is 0.591. The van der Waals surface area contributed by atoms with Crippen LogP contribution in [0.4, 0.5) is 5.13 Å². The average molecular weight is 347 g/mol. The molecule has 0 unspecified atom stereocenters. The summed E-state index contributed by atoms with van der Waals surface area (Å²) in [6, 6.07) is 14.4. The van der Waals surface area contributed by atoms with Crippen LogP contribution < -0.4 is 10.0 Å². The summed E-state index contributed by atoms with van der Waals surface area (Å²) >= 11 is 1.35. The Kier molecular flexibility index (Phi) is 4.34. The van der Waals surface area contributed by atoms with Crippen molar-refractivity contribution in [3.8, 4) is 0 Å². The summed E-state index contributed by atoms with van der Waals surface area (Å²) in [7, 11) is -3.68. The van der Waals surface area contributed by atoms with Gasteiger partial charge in [-0.15, -0.1) is 0 Å². The normalized spacial score (nSPS) is 11.7. The van der Waals surface area contributed by atoms with Gasteiger partial charge >= 0.3 is 0 Å². The zero-order chi connectivity index (χ0) is 16.4. The minimum atomic E-state index is -3.68. The number of nitrogens with zero attached hydrogens (tertiary/aromatic N) is 2. The number of nitrogens with two attached hydrogens (primary N) is 1. The van der Waals surface area contributed by atoms with E-state index in [9.17, 15) is 8.42 Å². The van der Waals surface area contributed by atoms with E-state index in [1.54, 1.807) is 24.3 Å². The molecule has 3 rings (SSSR count). The van der Waals surface area contributed by atoms with E-state index in [1.165, 1.54) is 15.6 Å². The van der Waals surface area contributed by atoms with Gasteiger partial charge in [0.25, 0.3) is 10.0 Å². The van der Waals surface area contributed by atoms with Crippen molar-refractivity contribution >= 4 is 36.7 Å². The summed E-state index contributed by atoms with van der Waals surface area (Å²) in [5.74, 6) is 0. The van der Waals surface area contributed by atoms with Gasteiger partial charge in [0.2, 0.25) is 5.13 Å². The SMILES string of the molecule is Cc1ccc(S(=O)(=O)N(CCN)c2nc3ccccc3s2)cc1. The zero-order valence-electron chi connectivity index (χ0n) is 12.6. The summed E-state index contributed by atoms with van der Waals surface area (Å²) in [5, 5.41) is 0.442. The van der Waals surface area contributed by atoms with Crippen LogP contribution in [-0.4, -0.2) is 26.5 Å². The number of benzene rings is 2. The molecule has 0 saturated heterocycles. The molecule has 0 radical (unpaired) electrons. The molecule has 0 amide bonds. The topological polar surface area (TPSA) is 76.3 Å². The first kappa shape index (κ1) is 15.9. The van der Waals surface area contributed by atoms with Gasteiger partial charge in [-0.3, -0.25) is 0 Å². The first-order valence-corrected chi connectivity index (χ1v) is 9.43. The van der Waals surface area contributed by atoms with Crippen molar-refractivity contribution in [2.75, 3.05) is 17.4 Å². The molecular formula is C16H17N3O2S2. The standard InChI is InChI=1S/C16H17N3O2S2/c1-12-6-8-13(9-7-12)23(20,21)19(11-10-17)16-18-14-4-2-3-5-15(14)22-16/h2-9H,10-11,17H2,1H3. The molecule has 0 bridgehead atoms. The fraction of sp³-hybridized carbons (Fsp3) is 0.188. The number of thiazole rings is 1. The first-order valence-electron chi connectivity index (χ1n) is 7.17. The second-order valence-electron chi connectivity index (χ2n) is 5.14. The fourth-order valence-electron chi connectivity index (χ4n) is 2.24. The van der Waals surface area contributed by atoms with Crippen LogP contribution in [0.1, 0.15) is 5.56 Å². The van der Waals surface area contributed by atoms with Crippen molar-refractivity contribution in [1.29, 1.82) is 0 Å². The Morgan fingerprint density at radius 1 is 1.13 bits per heavy atom. The minimum absolute atomic E-state index is 0.191. The highest BCUT2D eigenvalue weighted by Gasteiger charge is 2.26. The van der Waals surface area contributed by atoms with E-state index in [-0.39, 0.29) is 18.0 Å². The van der Waals surface area contributed by atoms with Crippen LogP contribution in [0.2, 0.25) is 0 Å². The van der Waals surface area contributed by atoms with Crippen molar-refractivity contribution < 1.29 is 8.42 Å². The molecule has 3 aromatic rings. The summed E-state index contributed by atoms with van der Waals surface area (Å²) in [5.41, 5.74) is 7.43. The Balaban J connectivity index is 2.08. The van der Waals surface area contributed by atoms with Gasteiger partial charge in [-0.1, -0.05) is 41.2 Å². The van der Waals surface area contributed by atoms with E-state index in [0.717, 1.165) is 15.8 Å². The highest BCUT2D eigenvalue weighted by molar-refractivity contribution is 7.93. The molecule has 1 heterocycles. The summed E-state index contributed by atoms with van der Waals surface area (Å²) in [4.78, 5) is 4.70. The highest BCUT2D eigenvalue weighted by Crippen LogP contribution is 2.31. The van der Waals surface area contributed by atoms with Gasteiger partial charge in [0.15, 0.2) is 0 Å². The van der Waals surface area contributed by atoms with Crippen molar-refractivity contribution in [3.05, 3.63) is 54.1 Å². The van der Waals surface area contributed by atoms with Crippen LogP contribution in [0.15, 0.2) is 53.4 Å². The maximum Gasteiger partial charge on any atom is 0.266 e. The highest BCUT2D eigenvalue weighted by atomic mass is 32.2. The third-order valence-corrected chi connectivity index (χ3v) is 6.42. The first-order chi connectivity index (χ1) is 11.0. The molecule has 0 saturated carbocycles. The molecule has 2 aromatic carbocycles. The summed E-state index contributed by atoms with van der Waals surface area (Å²) in [6.45, 7) is 2.33. The lowest BCUT2D eigenvalue weighted by Gasteiger charge is -2.21. The van der Waals surface area contributed by atoms with Gasteiger partial charge in [-0.2, -0.15) is 0 Å². The molecule has 0 atom stereocenters. The molecule has 7 heteroatoms. The Morgan fingerprint density at radius 3 is 2.48 bits per heavy atom. The second kappa shape index (κ2) is 6.27. The minimum Gasteiger partial charge on any atom is -0.329 e. The predicted octanol–water partition coefficient (Wildman–Crippen LogP) is 2.76. The molecule has 1 aromatic heterocycles. The number of para-hydroxylation sites is 1. The zero-order valence-corrected chi connectivity index (χ0v) is 14.3. The number of aryl methyl sites for hydroxylation is 1. The molecule has 0 spiro atoms. The Labute approximate surface area is 139 Å². The molecule has 2 N–H and O–H groups in total. The van der Waals surface area contributed by atoms with Gasteiger partial charge in [0.05, 0.1) is 15.1 Å². The summed E-state index contributed by atoms with van der Waals surface area (Å²) < 4.78 is 28.1. The molecule has 5 nitrogen and oxygen atoms in total. The van der Waals surface area contributed by atoms with Crippen molar-refractivity contribution in [2.24, 2.45) is 5.73 Å². The van der Waals surface area contributed by atoms with Crippen molar-refractivity contribution in [1.82, 2.24) is 4.98 Å². The van der Waals surface area contributed by atoms with Gasteiger partial charge in [0, 0.05) is 13.1 Å². The molecule has 0 aliphatic rings. The molecule has 23 heavy (non-hydrogen) atoms. The number of anilines is 1. The smallest absolute Gasteiger partial charge is 0.266 e. The van der Waals surface area contributed by atoms with Crippen molar-refractivity contribution in [2.45, 2.75) is 11.8 Å². The Bertz CT molecular complexity index is 885. The molecule has 0 fully saturated rings. The van der Waals surface area contributed by atoms with Crippen LogP contribution in [0.25, 0.3) is 10.2 Å². The third-order valence-electron chi connectivity index (χ3n) is 3.44.